The monoisotopic (exact) mass is 185 g/mol. The second kappa shape index (κ2) is 4.09. The SMILES string of the molecule is CC(=N)OC1OC(C)CC(C)C1C. The summed E-state index contributed by atoms with van der Waals surface area (Å²) in [6, 6.07) is 0. The lowest BCUT2D eigenvalue weighted by Gasteiger charge is -2.37. The predicted octanol–water partition coefficient (Wildman–Crippen LogP) is 2.41. The number of hydrogen-bond acceptors (Lipinski definition) is 3. The van der Waals surface area contributed by atoms with Gasteiger partial charge in [0.05, 0.1) is 6.10 Å². The van der Waals surface area contributed by atoms with Gasteiger partial charge in [-0.2, -0.15) is 0 Å². The Morgan fingerprint density at radius 3 is 2.54 bits per heavy atom. The minimum atomic E-state index is -0.226. The Labute approximate surface area is 79.9 Å². The maximum atomic E-state index is 7.25. The Morgan fingerprint density at radius 2 is 2.00 bits per heavy atom. The fourth-order valence-electron chi connectivity index (χ4n) is 1.72. The average Bonchev–Trinajstić information content (AvgIpc) is 1.98. The van der Waals surface area contributed by atoms with Gasteiger partial charge >= 0.3 is 0 Å². The summed E-state index contributed by atoms with van der Waals surface area (Å²) in [7, 11) is 0. The fourth-order valence-corrected chi connectivity index (χ4v) is 1.72. The Bertz CT molecular complexity index is 193. The van der Waals surface area contributed by atoms with Crippen molar-refractivity contribution in [1.82, 2.24) is 0 Å². The molecule has 0 radical (unpaired) electrons. The van der Waals surface area contributed by atoms with E-state index in [-0.39, 0.29) is 18.3 Å². The fraction of sp³-hybridized carbons (Fsp3) is 0.900. The molecule has 0 amide bonds. The molecule has 1 rings (SSSR count). The molecule has 1 N–H and O–H groups in total. The van der Waals surface area contributed by atoms with E-state index in [1.807, 2.05) is 0 Å². The highest BCUT2D eigenvalue weighted by Gasteiger charge is 2.33. The van der Waals surface area contributed by atoms with E-state index in [9.17, 15) is 0 Å². The molecule has 0 aliphatic carbocycles. The molecule has 4 unspecified atom stereocenters. The van der Waals surface area contributed by atoms with Crippen LogP contribution in [0.2, 0.25) is 0 Å². The third-order valence-corrected chi connectivity index (χ3v) is 2.69. The van der Waals surface area contributed by atoms with Gasteiger partial charge in [0.2, 0.25) is 6.29 Å². The molecule has 0 bridgehead atoms. The van der Waals surface area contributed by atoms with Gasteiger partial charge in [0, 0.05) is 12.8 Å². The molecule has 1 aliphatic rings. The molecular weight excluding hydrogens is 166 g/mol. The first-order valence-corrected chi connectivity index (χ1v) is 4.88. The van der Waals surface area contributed by atoms with Crippen LogP contribution in [-0.4, -0.2) is 18.3 Å². The standard InChI is InChI=1S/C10H19NO2/c1-6-5-7(2)12-10(8(6)3)13-9(4)11/h6-8,10-11H,5H2,1-4H3. The average molecular weight is 185 g/mol. The van der Waals surface area contributed by atoms with E-state index in [1.54, 1.807) is 6.92 Å². The minimum absolute atomic E-state index is 0.226. The molecular formula is C10H19NO2. The van der Waals surface area contributed by atoms with E-state index in [2.05, 4.69) is 20.8 Å². The highest BCUT2D eigenvalue weighted by molar-refractivity contribution is 5.69. The summed E-state index contributed by atoms with van der Waals surface area (Å²) in [4.78, 5) is 0. The highest BCUT2D eigenvalue weighted by Crippen LogP contribution is 2.30. The van der Waals surface area contributed by atoms with Gasteiger partial charge in [-0.25, -0.2) is 0 Å². The maximum absolute atomic E-state index is 7.25. The summed E-state index contributed by atoms with van der Waals surface area (Å²) in [5, 5.41) is 7.25. The molecule has 1 fully saturated rings. The molecule has 0 spiro atoms. The zero-order chi connectivity index (χ0) is 10.0. The zero-order valence-electron chi connectivity index (χ0n) is 8.83. The third kappa shape index (κ3) is 2.69. The zero-order valence-corrected chi connectivity index (χ0v) is 8.83. The van der Waals surface area contributed by atoms with Crippen LogP contribution in [-0.2, 0) is 9.47 Å². The summed E-state index contributed by atoms with van der Waals surface area (Å²) in [5.41, 5.74) is 0. The number of rotatable bonds is 1. The maximum Gasteiger partial charge on any atom is 0.204 e. The molecule has 1 heterocycles. The highest BCUT2D eigenvalue weighted by atomic mass is 16.7. The van der Waals surface area contributed by atoms with E-state index in [1.165, 1.54) is 0 Å². The van der Waals surface area contributed by atoms with Gasteiger partial charge in [-0.1, -0.05) is 13.8 Å². The smallest absolute Gasteiger partial charge is 0.204 e. The molecule has 76 valence electrons. The summed E-state index contributed by atoms with van der Waals surface area (Å²) in [6.45, 7) is 8.02. The minimum Gasteiger partial charge on any atom is -0.452 e. The van der Waals surface area contributed by atoms with Crippen molar-refractivity contribution >= 4 is 5.90 Å². The van der Waals surface area contributed by atoms with Crippen molar-refractivity contribution in [3.63, 3.8) is 0 Å². The van der Waals surface area contributed by atoms with Crippen LogP contribution in [0.3, 0.4) is 0 Å². The molecule has 0 aromatic carbocycles. The first-order valence-electron chi connectivity index (χ1n) is 4.88. The lowest BCUT2D eigenvalue weighted by Crippen LogP contribution is -2.40. The van der Waals surface area contributed by atoms with Gasteiger partial charge in [-0.3, -0.25) is 5.41 Å². The summed E-state index contributed by atoms with van der Waals surface area (Å²) >= 11 is 0. The topological polar surface area (TPSA) is 42.3 Å². The summed E-state index contributed by atoms with van der Waals surface area (Å²) in [6.07, 6.45) is 1.10. The van der Waals surface area contributed by atoms with E-state index < -0.39 is 0 Å². The first kappa shape index (κ1) is 10.5. The molecule has 0 saturated carbocycles. The molecule has 0 aromatic heterocycles. The van der Waals surface area contributed by atoms with Crippen molar-refractivity contribution in [2.75, 3.05) is 0 Å². The van der Waals surface area contributed by atoms with Crippen molar-refractivity contribution in [3.8, 4) is 0 Å². The molecule has 3 nitrogen and oxygen atoms in total. The molecule has 0 aromatic rings. The number of hydrogen-bond donors (Lipinski definition) is 1. The number of ether oxygens (including phenoxy) is 2. The Kier molecular flexibility index (Phi) is 3.31. The first-order chi connectivity index (χ1) is 6.00. The van der Waals surface area contributed by atoms with Crippen LogP contribution >= 0.6 is 0 Å². The van der Waals surface area contributed by atoms with Crippen molar-refractivity contribution in [2.45, 2.75) is 46.5 Å². The van der Waals surface area contributed by atoms with E-state index in [4.69, 9.17) is 14.9 Å². The normalized spacial score (nSPS) is 40.0. The van der Waals surface area contributed by atoms with Crippen LogP contribution in [0.5, 0.6) is 0 Å². The molecule has 3 heteroatoms. The Morgan fingerprint density at radius 1 is 1.38 bits per heavy atom. The van der Waals surface area contributed by atoms with Crippen LogP contribution in [0.25, 0.3) is 0 Å². The van der Waals surface area contributed by atoms with Crippen LogP contribution in [0.1, 0.15) is 34.1 Å². The van der Waals surface area contributed by atoms with Crippen molar-refractivity contribution in [2.24, 2.45) is 11.8 Å². The predicted molar refractivity (Wildman–Crippen MR) is 51.8 cm³/mol. The molecule has 13 heavy (non-hydrogen) atoms. The van der Waals surface area contributed by atoms with Gasteiger partial charge in [-0.05, 0) is 19.3 Å². The molecule has 1 aliphatic heterocycles. The summed E-state index contributed by atoms with van der Waals surface area (Å²) in [5.74, 6) is 1.21. The summed E-state index contributed by atoms with van der Waals surface area (Å²) < 4.78 is 10.9. The van der Waals surface area contributed by atoms with Gasteiger partial charge in [0.1, 0.15) is 0 Å². The van der Waals surface area contributed by atoms with Gasteiger partial charge in [-0.15, -0.1) is 0 Å². The van der Waals surface area contributed by atoms with Crippen LogP contribution in [0.15, 0.2) is 0 Å². The molecule has 4 atom stereocenters. The van der Waals surface area contributed by atoms with Crippen LogP contribution in [0, 0.1) is 17.2 Å². The van der Waals surface area contributed by atoms with Crippen LogP contribution in [0.4, 0.5) is 0 Å². The van der Waals surface area contributed by atoms with E-state index >= 15 is 0 Å². The molecule has 1 saturated heterocycles. The van der Waals surface area contributed by atoms with Crippen molar-refractivity contribution < 1.29 is 9.47 Å². The Hall–Kier alpha value is -0.570. The van der Waals surface area contributed by atoms with E-state index in [0.29, 0.717) is 11.8 Å². The van der Waals surface area contributed by atoms with Gasteiger partial charge in [0.15, 0.2) is 5.90 Å². The van der Waals surface area contributed by atoms with Gasteiger partial charge in [0.25, 0.3) is 0 Å². The van der Waals surface area contributed by atoms with Crippen molar-refractivity contribution in [1.29, 1.82) is 5.41 Å². The largest absolute Gasteiger partial charge is 0.452 e. The Balaban J connectivity index is 2.55. The van der Waals surface area contributed by atoms with Crippen molar-refractivity contribution in [3.05, 3.63) is 0 Å². The lowest BCUT2D eigenvalue weighted by atomic mass is 9.88. The van der Waals surface area contributed by atoms with Crippen LogP contribution < -0.4 is 0 Å². The third-order valence-electron chi connectivity index (χ3n) is 2.69. The van der Waals surface area contributed by atoms with Gasteiger partial charge < -0.3 is 9.47 Å². The quantitative estimate of drug-likeness (QED) is 0.503. The number of nitrogens with one attached hydrogen (secondary N) is 1. The second-order valence-electron chi connectivity index (χ2n) is 4.06. The second-order valence-corrected chi connectivity index (χ2v) is 4.06. The van der Waals surface area contributed by atoms with E-state index in [0.717, 1.165) is 6.42 Å². The lowest BCUT2D eigenvalue weighted by molar-refractivity contribution is -0.191.